The Hall–Kier alpha value is -2.20. The summed E-state index contributed by atoms with van der Waals surface area (Å²) >= 11 is 1.59. The second-order valence-corrected chi connectivity index (χ2v) is 4.98. The van der Waals surface area contributed by atoms with Crippen molar-refractivity contribution in [3.63, 3.8) is 0 Å². The summed E-state index contributed by atoms with van der Waals surface area (Å²) in [5, 5.41) is 10.3. The summed E-state index contributed by atoms with van der Waals surface area (Å²) in [6, 6.07) is 17.9. The van der Waals surface area contributed by atoms with Gasteiger partial charge in [-0.25, -0.2) is 0 Å². The van der Waals surface area contributed by atoms with E-state index in [4.69, 9.17) is 4.74 Å². The Balaban J connectivity index is 1.92. The highest BCUT2D eigenvalue weighted by Crippen LogP contribution is 2.30. The Morgan fingerprint density at radius 2 is 1.37 bits per heavy atom. The van der Waals surface area contributed by atoms with Crippen LogP contribution in [0.25, 0.3) is 21.1 Å². The molecule has 0 saturated carbocycles. The van der Waals surface area contributed by atoms with Gasteiger partial charge in [0, 0.05) is 11.1 Å². The molecule has 0 fully saturated rings. The SMILES string of the molecule is COc1ccc(-c2nn[13c](-c3ccccc3)s2)cc1. The normalized spacial score (nSPS) is 10.4. The molecule has 19 heavy (non-hydrogen) atoms. The Labute approximate surface area is 115 Å². The van der Waals surface area contributed by atoms with E-state index in [0.717, 1.165) is 26.9 Å². The number of benzene rings is 2. The van der Waals surface area contributed by atoms with Gasteiger partial charge in [0.15, 0.2) is 0 Å². The number of hydrogen-bond donors (Lipinski definition) is 0. The van der Waals surface area contributed by atoms with Gasteiger partial charge in [-0.15, -0.1) is 10.2 Å². The van der Waals surface area contributed by atoms with Gasteiger partial charge in [-0.2, -0.15) is 0 Å². The Bertz CT molecular complexity index is 662. The molecule has 4 heteroatoms. The van der Waals surface area contributed by atoms with Gasteiger partial charge in [-0.05, 0) is 24.3 Å². The summed E-state index contributed by atoms with van der Waals surface area (Å²) in [4.78, 5) is 0. The minimum Gasteiger partial charge on any atom is -0.497 e. The summed E-state index contributed by atoms with van der Waals surface area (Å²) < 4.78 is 5.15. The molecule has 0 bridgehead atoms. The fraction of sp³-hybridized carbons (Fsp3) is 0.0667. The summed E-state index contributed by atoms with van der Waals surface area (Å²) in [5.74, 6) is 0.844. The van der Waals surface area contributed by atoms with Crippen molar-refractivity contribution >= 4 is 11.3 Å². The summed E-state index contributed by atoms with van der Waals surface area (Å²) in [6.07, 6.45) is 0. The van der Waals surface area contributed by atoms with Crippen molar-refractivity contribution in [2.24, 2.45) is 0 Å². The molecule has 0 saturated heterocycles. The van der Waals surface area contributed by atoms with E-state index in [1.807, 2.05) is 54.6 Å². The van der Waals surface area contributed by atoms with E-state index < -0.39 is 0 Å². The van der Waals surface area contributed by atoms with Crippen LogP contribution < -0.4 is 4.74 Å². The molecule has 1 aromatic heterocycles. The van der Waals surface area contributed by atoms with E-state index >= 15 is 0 Å². The fourth-order valence-electron chi connectivity index (χ4n) is 1.77. The van der Waals surface area contributed by atoms with Crippen LogP contribution in [0.5, 0.6) is 5.75 Å². The standard InChI is InChI=1S/C15H12N2OS/c1-18-13-9-7-12(8-10-13)15-17-16-14(19-15)11-5-3-2-4-6-11/h2-10H,1H3/i14+1. The van der Waals surface area contributed by atoms with E-state index in [1.54, 1.807) is 18.4 Å². The average Bonchev–Trinajstić information content (AvgIpc) is 2.98. The molecule has 0 aliphatic rings. The van der Waals surface area contributed by atoms with Gasteiger partial charge in [0.1, 0.15) is 15.8 Å². The quantitative estimate of drug-likeness (QED) is 0.723. The maximum atomic E-state index is 5.15. The van der Waals surface area contributed by atoms with Crippen LogP contribution in [-0.2, 0) is 0 Å². The average molecular weight is 269 g/mol. The van der Waals surface area contributed by atoms with Crippen molar-refractivity contribution in [1.29, 1.82) is 0 Å². The van der Waals surface area contributed by atoms with Crippen molar-refractivity contribution in [1.82, 2.24) is 10.2 Å². The second-order valence-electron chi connectivity index (χ2n) is 4.01. The highest BCUT2D eigenvalue weighted by molar-refractivity contribution is 7.17. The third-order valence-electron chi connectivity index (χ3n) is 2.78. The summed E-state index contributed by atoms with van der Waals surface area (Å²) in [5.41, 5.74) is 2.15. The highest BCUT2D eigenvalue weighted by atomic mass is 32.1. The molecular weight excluding hydrogens is 257 g/mol. The van der Waals surface area contributed by atoms with E-state index in [1.165, 1.54) is 0 Å². The lowest BCUT2D eigenvalue weighted by Gasteiger charge is -1.99. The lowest BCUT2D eigenvalue weighted by Crippen LogP contribution is -1.82. The first-order valence-corrected chi connectivity index (χ1v) is 6.72. The van der Waals surface area contributed by atoms with Crippen molar-refractivity contribution in [2.75, 3.05) is 7.11 Å². The second kappa shape index (κ2) is 5.20. The Morgan fingerprint density at radius 3 is 1.95 bits per heavy atom. The predicted octanol–water partition coefficient (Wildman–Crippen LogP) is 3.88. The van der Waals surface area contributed by atoms with Crippen LogP contribution in [0.1, 0.15) is 0 Å². The van der Waals surface area contributed by atoms with Crippen LogP contribution in [-0.4, -0.2) is 17.3 Å². The zero-order valence-corrected chi connectivity index (χ0v) is 11.2. The zero-order valence-electron chi connectivity index (χ0n) is 10.4. The Kier molecular flexibility index (Phi) is 3.25. The molecule has 0 radical (unpaired) electrons. The molecule has 0 atom stereocenters. The van der Waals surface area contributed by atoms with Crippen LogP contribution in [0.3, 0.4) is 0 Å². The van der Waals surface area contributed by atoms with E-state index in [-0.39, 0.29) is 0 Å². The minimum atomic E-state index is 0.844. The number of methoxy groups -OCH3 is 1. The lowest BCUT2D eigenvalue weighted by atomic mass is 10.2. The van der Waals surface area contributed by atoms with Crippen molar-refractivity contribution in [2.45, 2.75) is 0 Å². The molecule has 3 aromatic rings. The molecule has 0 N–H and O–H groups in total. The first-order valence-electron chi connectivity index (χ1n) is 5.90. The van der Waals surface area contributed by atoms with Gasteiger partial charge < -0.3 is 4.74 Å². The maximum Gasteiger partial charge on any atom is 0.148 e. The molecule has 94 valence electrons. The number of nitrogens with zero attached hydrogens (tertiary/aromatic N) is 2. The molecular formula is C15H12N2OS. The van der Waals surface area contributed by atoms with E-state index in [0.29, 0.717) is 0 Å². The number of rotatable bonds is 3. The van der Waals surface area contributed by atoms with Crippen LogP contribution in [0.2, 0.25) is 0 Å². The number of ether oxygens (including phenoxy) is 1. The number of hydrogen-bond acceptors (Lipinski definition) is 4. The van der Waals surface area contributed by atoms with Gasteiger partial charge in [-0.1, -0.05) is 41.7 Å². The molecule has 0 spiro atoms. The largest absolute Gasteiger partial charge is 0.497 e. The third-order valence-corrected chi connectivity index (χ3v) is 3.80. The molecule has 0 amide bonds. The molecule has 0 aliphatic carbocycles. The van der Waals surface area contributed by atoms with Gasteiger partial charge in [0.2, 0.25) is 0 Å². The zero-order chi connectivity index (χ0) is 13.1. The Morgan fingerprint density at radius 1 is 0.789 bits per heavy atom. The maximum absolute atomic E-state index is 5.15. The van der Waals surface area contributed by atoms with Gasteiger partial charge in [-0.3, -0.25) is 0 Å². The number of aromatic nitrogens is 2. The molecule has 1 heterocycles. The predicted molar refractivity (Wildman–Crippen MR) is 77.3 cm³/mol. The molecule has 3 nitrogen and oxygen atoms in total. The first-order chi connectivity index (χ1) is 9.36. The molecule has 0 unspecified atom stereocenters. The van der Waals surface area contributed by atoms with Crippen LogP contribution >= 0.6 is 11.3 Å². The smallest absolute Gasteiger partial charge is 0.148 e. The van der Waals surface area contributed by atoms with Crippen molar-refractivity contribution < 1.29 is 4.74 Å². The van der Waals surface area contributed by atoms with Crippen molar-refractivity contribution in [3.8, 4) is 26.9 Å². The van der Waals surface area contributed by atoms with Gasteiger partial charge in [0.25, 0.3) is 0 Å². The monoisotopic (exact) mass is 269 g/mol. The molecule has 0 aliphatic heterocycles. The van der Waals surface area contributed by atoms with Gasteiger partial charge in [0.05, 0.1) is 7.11 Å². The molecule has 2 aromatic carbocycles. The van der Waals surface area contributed by atoms with E-state index in [9.17, 15) is 0 Å². The fourth-order valence-corrected chi connectivity index (χ4v) is 2.63. The summed E-state index contributed by atoms with van der Waals surface area (Å²) in [6.45, 7) is 0. The highest BCUT2D eigenvalue weighted by Gasteiger charge is 2.08. The van der Waals surface area contributed by atoms with Crippen LogP contribution in [0.4, 0.5) is 0 Å². The summed E-state index contributed by atoms with van der Waals surface area (Å²) in [7, 11) is 1.66. The minimum absolute atomic E-state index is 0.844. The molecule has 3 rings (SSSR count). The topological polar surface area (TPSA) is 35.0 Å². The third kappa shape index (κ3) is 2.48. The van der Waals surface area contributed by atoms with Crippen molar-refractivity contribution in [3.05, 3.63) is 54.6 Å². The van der Waals surface area contributed by atoms with E-state index in [2.05, 4.69) is 10.2 Å². The lowest BCUT2D eigenvalue weighted by molar-refractivity contribution is 0.415. The first kappa shape index (κ1) is 11.9. The van der Waals surface area contributed by atoms with Crippen LogP contribution in [0, 0.1) is 0 Å². The van der Waals surface area contributed by atoms with Gasteiger partial charge >= 0.3 is 0 Å². The van der Waals surface area contributed by atoms with Crippen LogP contribution in [0.15, 0.2) is 54.6 Å².